The largest absolute Gasteiger partial charge is 0.381 e. The van der Waals surface area contributed by atoms with Gasteiger partial charge in [-0.2, -0.15) is 0 Å². The van der Waals surface area contributed by atoms with Gasteiger partial charge in [0, 0.05) is 19.3 Å². The highest BCUT2D eigenvalue weighted by Crippen LogP contribution is 2.27. The Balaban J connectivity index is 2.46. The molecule has 1 saturated heterocycles. The van der Waals surface area contributed by atoms with Gasteiger partial charge in [0.05, 0.1) is 0 Å². The van der Waals surface area contributed by atoms with Gasteiger partial charge in [0.25, 0.3) is 0 Å². The fourth-order valence-corrected chi connectivity index (χ4v) is 3.27. The van der Waals surface area contributed by atoms with Crippen molar-refractivity contribution in [3.05, 3.63) is 0 Å². The Morgan fingerprint density at radius 3 is 2.42 bits per heavy atom. The lowest BCUT2D eigenvalue weighted by Gasteiger charge is -2.32. The van der Waals surface area contributed by atoms with E-state index in [0.29, 0.717) is 0 Å². The van der Waals surface area contributed by atoms with Gasteiger partial charge in [-0.25, -0.2) is 0 Å². The smallest absolute Gasteiger partial charge is 0.0468 e. The van der Waals surface area contributed by atoms with Gasteiger partial charge >= 0.3 is 0 Å². The van der Waals surface area contributed by atoms with Crippen LogP contribution in [-0.4, -0.2) is 25.8 Å². The molecule has 0 spiro atoms. The molecular weight excluding hydrogens is 234 g/mol. The summed E-state index contributed by atoms with van der Waals surface area (Å²) in [6.07, 6.45) is 10.6. The van der Waals surface area contributed by atoms with Gasteiger partial charge in [-0.05, 0) is 50.5 Å². The minimum Gasteiger partial charge on any atom is -0.381 e. The van der Waals surface area contributed by atoms with Crippen LogP contribution in [0.1, 0.15) is 72.1 Å². The zero-order valence-electron chi connectivity index (χ0n) is 13.4. The van der Waals surface area contributed by atoms with Crippen molar-refractivity contribution >= 4 is 0 Å². The second-order valence-corrected chi connectivity index (χ2v) is 6.16. The van der Waals surface area contributed by atoms with Gasteiger partial charge in [-0.3, -0.25) is 0 Å². The second kappa shape index (κ2) is 10.7. The van der Waals surface area contributed by atoms with Crippen molar-refractivity contribution in [3.63, 3.8) is 0 Å². The van der Waals surface area contributed by atoms with Crippen LogP contribution in [0, 0.1) is 11.8 Å². The Bertz CT molecular complexity index is 201. The van der Waals surface area contributed by atoms with E-state index in [-0.39, 0.29) is 0 Å². The van der Waals surface area contributed by atoms with Crippen LogP contribution < -0.4 is 5.32 Å². The topological polar surface area (TPSA) is 21.3 Å². The van der Waals surface area contributed by atoms with Gasteiger partial charge in [0.1, 0.15) is 0 Å². The van der Waals surface area contributed by atoms with Gasteiger partial charge in [-0.15, -0.1) is 0 Å². The molecule has 1 heterocycles. The molecule has 2 heteroatoms. The lowest BCUT2D eigenvalue weighted by molar-refractivity contribution is 0.0573. The van der Waals surface area contributed by atoms with Crippen molar-refractivity contribution in [1.29, 1.82) is 0 Å². The Morgan fingerprint density at radius 2 is 1.84 bits per heavy atom. The van der Waals surface area contributed by atoms with Crippen molar-refractivity contribution in [1.82, 2.24) is 5.32 Å². The van der Waals surface area contributed by atoms with Crippen LogP contribution >= 0.6 is 0 Å². The quantitative estimate of drug-likeness (QED) is 0.635. The Labute approximate surface area is 120 Å². The van der Waals surface area contributed by atoms with Gasteiger partial charge < -0.3 is 10.1 Å². The van der Waals surface area contributed by atoms with Crippen LogP contribution in [-0.2, 0) is 4.74 Å². The van der Waals surface area contributed by atoms with E-state index in [1.165, 1.54) is 57.9 Å². The first-order valence-corrected chi connectivity index (χ1v) is 8.62. The summed E-state index contributed by atoms with van der Waals surface area (Å²) in [4.78, 5) is 0. The molecule has 1 fully saturated rings. The van der Waals surface area contributed by atoms with Gasteiger partial charge in [0.15, 0.2) is 0 Å². The number of hydrogen-bond donors (Lipinski definition) is 1. The van der Waals surface area contributed by atoms with E-state index in [0.717, 1.165) is 31.1 Å². The fourth-order valence-electron chi connectivity index (χ4n) is 3.27. The molecule has 0 bridgehead atoms. The van der Waals surface area contributed by atoms with Crippen LogP contribution in [0.25, 0.3) is 0 Å². The summed E-state index contributed by atoms with van der Waals surface area (Å²) in [5.41, 5.74) is 0. The third-order valence-corrected chi connectivity index (χ3v) is 4.61. The summed E-state index contributed by atoms with van der Waals surface area (Å²) >= 11 is 0. The fraction of sp³-hybridized carbons (Fsp3) is 1.00. The van der Waals surface area contributed by atoms with E-state index in [1.54, 1.807) is 0 Å². The average Bonchev–Trinajstić information content (AvgIpc) is 2.46. The van der Waals surface area contributed by atoms with Crippen molar-refractivity contribution < 1.29 is 4.74 Å². The maximum absolute atomic E-state index is 5.49. The second-order valence-electron chi connectivity index (χ2n) is 6.16. The number of unbranched alkanes of at least 4 members (excludes halogenated alkanes) is 1. The molecule has 19 heavy (non-hydrogen) atoms. The molecule has 0 saturated carbocycles. The first-order chi connectivity index (χ1) is 9.31. The number of ether oxygens (including phenoxy) is 1. The summed E-state index contributed by atoms with van der Waals surface area (Å²) in [5.74, 6) is 1.76. The maximum atomic E-state index is 5.49. The normalized spacial score (nSPS) is 20.4. The maximum Gasteiger partial charge on any atom is 0.0468 e. The standard InChI is InChI=1S/C17H35NO/c1-4-7-8-16(6-3)17(18-11-5-2)14-15-9-12-19-13-10-15/h15-18H,4-14H2,1-3H3. The minimum atomic E-state index is 0.736. The van der Waals surface area contributed by atoms with E-state index in [1.807, 2.05) is 0 Å². The highest BCUT2D eigenvalue weighted by molar-refractivity contribution is 4.80. The molecule has 114 valence electrons. The van der Waals surface area contributed by atoms with E-state index < -0.39 is 0 Å². The first kappa shape index (κ1) is 17.0. The third kappa shape index (κ3) is 6.76. The highest BCUT2D eigenvalue weighted by atomic mass is 16.5. The molecule has 0 aliphatic carbocycles. The molecule has 0 aromatic heterocycles. The SMILES string of the molecule is CCCCC(CC)C(CC1CCOCC1)NCCC. The predicted molar refractivity (Wildman–Crippen MR) is 83.5 cm³/mol. The highest BCUT2D eigenvalue weighted by Gasteiger charge is 2.24. The Hall–Kier alpha value is -0.0800. The molecule has 1 aliphatic rings. The van der Waals surface area contributed by atoms with E-state index in [9.17, 15) is 0 Å². The van der Waals surface area contributed by atoms with Crippen LogP contribution in [0.2, 0.25) is 0 Å². The monoisotopic (exact) mass is 269 g/mol. The summed E-state index contributed by atoms with van der Waals surface area (Å²) in [6, 6.07) is 0.736. The summed E-state index contributed by atoms with van der Waals surface area (Å²) in [7, 11) is 0. The molecule has 0 aromatic carbocycles. The minimum absolute atomic E-state index is 0.736. The number of rotatable bonds is 10. The first-order valence-electron chi connectivity index (χ1n) is 8.62. The molecule has 1 rings (SSSR count). The molecule has 1 aliphatic heterocycles. The van der Waals surface area contributed by atoms with E-state index >= 15 is 0 Å². The summed E-state index contributed by atoms with van der Waals surface area (Å²) in [5, 5.41) is 3.84. The molecule has 2 nitrogen and oxygen atoms in total. The van der Waals surface area contributed by atoms with Crippen molar-refractivity contribution in [2.45, 2.75) is 78.2 Å². The molecule has 1 N–H and O–H groups in total. The van der Waals surface area contributed by atoms with Gasteiger partial charge in [-0.1, -0.05) is 40.0 Å². The molecular formula is C17H35NO. The van der Waals surface area contributed by atoms with Crippen LogP contribution in [0.5, 0.6) is 0 Å². The summed E-state index contributed by atoms with van der Waals surface area (Å²) < 4.78 is 5.49. The number of nitrogens with one attached hydrogen (secondary N) is 1. The predicted octanol–water partition coefficient (Wildman–Crippen LogP) is 4.39. The number of hydrogen-bond acceptors (Lipinski definition) is 2. The molecule has 2 atom stereocenters. The van der Waals surface area contributed by atoms with Crippen LogP contribution in [0.3, 0.4) is 0 Å². The van der Waals surface area contributed by atoms with Crippen molar-refractivity contribution in [2.24, 2.45) is 11.8 Å². The lowest BCUT2D eigenvalue weighted by Crippen LogP contribution is -2.39. The van der Waals surface area contributed by atoms with E-state index in [4.69, 9.17) is 4.74 Å². The van der Waals surface area contributed by atoms with Crippen molar-refractivity contribution in [3.8, 4) is 0 Å². The Kier molecular flexibility index (Phi) is 9.54. The molecule has 2 unspecified atom stereocenters. The molecule has 0 amide bonds. The third-order valence-electron chi connectivity index (χ3n) is 4.61. The average molecular weight is 269 g/mol. The van der Waals surface area contributed by atoms with Crippen LogP contribution in [0.15, 0.2) is 0 Å². The molecule has 0 aromatic rings. The summed E-state index contributed by atoms with van der Waals surface area (Å²) in [6.45, 7) is 10.1. The zero-order valence-corrected chi connectivity index (χ0v) is 13.4. The molecule has 0 radical (unpaired) electrons. The Morgan fingerprint density at radius 1 is 1.11 bits per heavy atom. The van der Waals surface area contributed by atoms with E-state index in [2.05, 4.69) is 26.1 Å². The van der Waals surface area contributed by atoms with Gasteiger partial charge in [0.2, 0.25) is 0 Å². The zero-order chi connectivity index (χ0) is 13.9. The lowest BCUT2D eigenvalue weighted by atomic mass is 9.83. The van der Waals surface area contributed by atoms with Crippen LogP contribution in [0.4, 0.5) is 0 Å². The van der Waals surface area contributed by atoms with Crippen molar-refractivity contribution in [2.75, 3.05) is 19.8 Å².